The Morgan fingerprint density at radius 1 is 1.14 bits per heavy atom. The van der Waals surface area contributed by atoms with Crippen molar-refractivity contribution in [1.82, 2.24) is 0 Å². The number of alkyl halides is 1. The Balaban J connectivity index is 2.36. The van der Waals surface area contributed by atoms with Crippen molar-refractivity contribution in [3.8, 4) is 11.5 Å². The molecule has 2 unspecified atom stereocenters. The summed E-state index contributed by atoms with van der Waals surface area (Å²) in [5, 5.41) is 0.543. The lowest BCUT2D eigenvalue weighted by Gasteiger charge is -2.41. The molecule has 0 bridgehead atoms. The van der Waals surface area contributed by atoms with Gasteiger partial charge in [-0.2, -0.15) is 0 Å². The first kappa shape index (κ1) is 16.8. The monoisotopic (exact) mass is 330 g/mol. The Labute approximate surface area is 137 Å². The number of hydrogen-bond donors (Lipinski definition) is 0. The molecule has 2 atom stereocenters. The molecule has 2 rings (SSSR count). The fourth-order valence-corrected chi connectivity index (χ4v) is 4.34. The maximum atomic E-state index is 6.82. The summed E-state index contributed by atoms with van der Waals surface area (Å²) in [4.78, 5) is 0. The van der Waals surface area contributed by atoms with Crippen LogP contribution in [-0.4, -0.2) is 14.2 Å². The van der Waals surface area contributed by atoms with Crippen molar-refractivity contribution in [3.63, 3.8) is 0 Å². The zero-order valence-electron chi connectivity index (χ0n) is 13.2. The third-order valence-corrected chi connectivity index (χ3v) is 5.61. The van der Waals surface area contributed by atoms with Crippen LogP contribution in [0.2, 0.25) is 5.02 Å². The average molecular weight is 331 g/mol. The first-order valence-electron chi connectivity index (χ1n) is 7.46. The number of ether oxygens (including phenoxy) is 2. The van der Waals surface area contributed by atoms with E-state index >= 15 is 0 Å². The Morgan fingerprint density at radius 2 is 1.76 bits per heavy atom. The van der Waals surface area contributed by atoms with E-state index in [9.17, 15) is 0 Å². The molecular formula is C17H24Cl2O2. The molecule has 2 nitrogen and oxygen atoms in total. The van der Waals surface area contributed by atoms with Gasteiger partial charge in [-0.3, -0.25) is 0 Å². The zero-order chi connectivity index (χ0) is 15.6. The second kappa shape index (κ2) is 6.66. The molecule has 1 aromatic carbocycles. The van der Waals surface area contributed by atoms with Crippen LogP contribution in [0.4, 0.5) is 0 Å². The number of halogens is 2. The molecule has 1 fully saturated rings. The van der Waals surface area contributed by atoms with E-state index in [0.717, 1.165) is 12.0 Å². The first-order chi connectivity index (χ1) is 9.90. The van der Waals surface area contributed by atoms with Crippen LogP contribution < -0.4 is 9.47 Å². The summed E-state index contributed by atoms with van der Waals surface area (Å²) >= 11 is 13.2. The van der Waals surface area contributed by atoms with E-state index in [2.05, 4.69) is 13.8 Å². The van der Waals surface area contributed by atoms with E-state index in [1.807, 2.05) is 6.07 Å². The summed E-state index contributed by atoms with van der Waals surface area (Å²) in [6.45, 7) is 4.61. The Hall–Kier alpha value is -0.600. The van der Waals surface area contributed by atoms with E-state index in [4.69, 9.17) is 32.7 Å². The standard InChI is InChI=1S/C17H24Cl2O2/c1-17(2)8-6-5-7-12(17)16(19)11-9-14(20-3)15(21-4)10-13(11)18/h9-10,12,16H,5-8H2,1-4H3. The summed E-state index contributed by atoms with van der Waals surface area (Å²) in [6.07, 6.45) is 4.88. The molecule has 1 aromatic rings. The lowest BCUT2D eigenvalue weighted by atomic mass is 9.66. The fourth-order valence-electron chi connectivity index (χ4n) is 3.36. The molecular weight excluding hydrogens is 307 g/mol. The van der Waals surface area contributed by atoms with Crippen molar-refractivity contribution in [3.05, 3.63) is 22.7 Å². The van der Waals surface area contributed by atoms with Gasteiger partial charge in [0.05, 0.1) is 19.6 Å². The van der Waals surface area contributed by atoms with Crippen molar-refractivity contribution < 1.29 is 9.47 Å². The zero-order valence-corrected chi connectivity index (χ0v) is 14.7. The summed E-state index contributed by atoms with van der Waals surface area (Å²) in [6, 6.07) is 3.71. The Kier molecular flexibility index (Phi) is 5.32. The maximum Gasteiger partial charge on any atom is 0.162 e. The van der Waals surface area contributed by atoms with Crippen LogP contribution in [0.15, 0.2) is 12.1 Å². The van der Waals surface area contributed by atoms with E-state index < -0.39 is 0 Å². The molecule has 0 radical (unpaired) electrons. The van der Waals surface area contributed by atoms with Gasteiger partial charge < -0.3 is 9.47 Å². The average Bonchev–Trinajstić information content (AvgIpc) is 2.45. The van der Waals surface area contributed by atoms with Crippen molar-refractivity contribution in [2.45, 2.75) is 44.9 Å². The SMILES string of the molecule is COc1cc(Cl)c(C(Cl)C2CCCCC2(C)C)cc1OC. The van der Waals surface area contributed by atoms with Gasteiger partial charge >= 0.3 is 0 Å². The highest BCUT2D eigenvalue weighted by Gasteiger charge is 2.38. The summed E-state index contributed by atoms with van der Waals surface area (Å²) in [5.41, 5.74) is 1.18. The van der Waals surface area contributed by atoms with Crippen LogP contribution in [0.5, 0.6) is 11.5 Å². The van der Waals surface area contributed by atoms with Crippen LogP contribution in [-0.2, 0) is 0 Å². The highest BCUT2D eigenvalue weighted by molar-refractivity contribution is 6.33. The van der Waals surface area contributed by atoms with E-state index in [0.29, 0.717) is 22.4 Å². The third kappa shape index (κ3) is 3.43. The molecule has 1 aliphatic carbocycles. The van der Waals surface area contributed by atoms with E-state index in [-0.39, 0.29) is 10.8 Å². The topological polar surface area (TPSA) is 18.5 Å². The molecule has 0 heterocycles. The minimum atomic E-state index is -0.104. The molecule has 4 heteroatoms. The van der Waals surface area contributed by atoms with Crippen molar-refractivity contribution in [2.24, 2.45) is 11.3 Å². The van der Waals surface area contributed by atoms with E-state index in [1.165, 1.54) is 19.3 Å². The van der Waals surface area contributed by atoms with E-state index in [1.54, 1.807) is 20.3 Å². The van der Waals surface area contributed by atoms with Crippen LogP contribution in [0.3, 0.4) is 0 Å². The third-order valence-electron chi connectivity index (χ3n) is 4.74. The molecule has 1 aliphatic rings. The second-order valence-corrected chi connectivity index (χ2v) is 7.35. The van der Waals surface area contributed by atoms with Gasteiger partial charge in [-0.05, 0) is 35.8 Å². The second-order valence-electron chi connectivity index (χ2n) is 6.47. The lowest BCUT2D eigenvalue weighted by molar-refractivity contribution is 0.133. The van der Waals surface area contributed by atoms with Gasteiger partial charge in [0.1, 0.15) is 0 Å². The van der Waals surface area contributed by atoms with Crippen LogP contribution in [0.25, 0.3) is 0 Å². The number of hydrogen-bond acceptors (Lipinski definition) is 2. The van der Waals surface area contributed by atoms with Gasteiger partial charge in [-0.15, -0.1) is 11.6 Å². The Bertz CT molecular complexity index is 500. The summed E-state index contributed by atoms with van der Waals surface area (Å²) in [5.74, 6) is 1.73. The van der Waals surface area contributed by atoms with Gasteiger partial charge in [0.25, 0.3) is 0 Å². The van der Waals surface area contributed by atoms with Crippen molar-refractivity contribution in [1.29, 1.82) is 0 Å². The normalized spacial score (nSPS) is 22.7. The number of benzene rings is 1. The van der Waals surface area contributed by atoms with Gasteiger partial charge in [-0.25, -0.2) is 0 Å². The van der Waals surface area contributed by atoms with Crippen LogP contribution >= 0.6 is 23.2 Å². The molecule has 0 aromatic heterocycles. The highest BCUT2D eigenvalue weighted by atomic mass is 35.5. The minimum Gasteiger partial charge on any atom is -0.493 e. The minimum absolute atomic E-state index is 0.104. The quantitative estimate of drug-likeness (QED) is 0.644. The van der Waals surface area contributed by atoms with Crippen LogP contribution in [0, 0.1) is 11.3 Å². The molecule has 118 valence electrons. The van der Waals surface area contributed by atoms with Crippen molar-refractivity contribution >= 4 is 23.2 Å². The van der Waals surface area contributed by atoms with Crippen molar-refractivity contribution in [2.75, 3.05) is 14.2 Å². The predicted octanol–water partition coefficient (Wildman–Crippen LogP) is 5.85. The first-order valence-corrected chi connectivity index (χ1v) is 8.27. The smallest absolute Gasteiger partial charge is 0.162 e. The molecule has 0 saturated heterocycles. The van der Waals surface area contributed by atoms with Gasteiger partial charge in [0.15, 0.2) is 11.5 Å². The highest BCUT2D eigenvalue weighted by Crippen LogP contribution is 2.51. The molecule has 1 saturated carbocycles. The molecule has 0 N–H and O–H groups in total. The largest absolute Gasteiger partial charge is 0.493 e. The van der Waals surface area contributed by atoms with Gasteiger partial charge in [-0.1, -0.05) is 38.3 Å². The fraction of sp³-hybridized carbons (Fsp3) is 0.647. The van der Waals surface area contributed by atoms with Gasteiger partial charge in [0, 0.05) is 11.1 Å². The number of rotatable bonds is 4. The molecule has 0 aliphatic heterocycles. The lowest BCUT2D eigenvalue weighted by Crippen LogP contribution is -2.31. The molecule has 0 spiro atoms. The van der Waals surface area contributed by atoms with Crippen LogP contribution in [0.1, 0.15) is 50.5 Å². The molecule has 21 heavy (non-hydrogen) atoms. The molecule has 0 amide bonds. The van der Waals surface area contributed by atoms with Gasteiger partial charge in [0.2, 0.25) is 0 Å². The maximum absolute atomic E-state index is 6.82. The Morgan fingerprint density at radius 3 is 2.33 bits per heavy atom. The summed E-state index contributed by atoms with van der Waals surface area (Å²) in [7, 11) is 3.24. The summed E-state index contributed by atoms with van der Waals surface area (Å²) < 4.78 is 10.7. The predicted molar refractivity (Wildman–Crippen MR) is 88.9 cm³/mol. The number of methoxy groups -OCH3 is 2.